The van der Waals surface area contributed by atoms with Gasteiger partial charge in [-0.25, -0.2) is 0 Å². The van der Waals surface area contributed by atoms with Gasteiger partial charge in [0, 0.05) is 11.5 Å². The molecule has 0 amide bonds. The van der Waals surface area contributed by atoms with Crippen molar-refractivity contribution in [2.45, 2.75) is 31.7 Å². The molecule has 21 heavy (non-hydrogen) atoms. The van der Waals surface area contributed by atoms with Crippen LogP contribution in [-0.4, -0.2) is 6.04 Å². The van der Waals surface area contributed by atoms with E-state index in [1.165, 1.54) is 5.56 Å². The molecular weight excluding hydrogens is 303 g/mol. The molecule has 2 aromatic rings. The van der Waals surface area contributed by atoms with Gasteiger partial charge in [-0.2, -0.15) is 0 Å². The van der Waals surface area contributed by atoms with Crippen LogP contribution in [0.1, 0.15) is 25.0 Å². The molecule has 0 heterocycles. The lowest BCUT2D eigenvalue weighted by Gasteiger charge is -2.34. The quantitative estimate of drug-likeness (QED) is 0.634. The standard InChI is InChI=1S/C17H20Cl2N2/c1-17(2,13-6-4-3-5-7-13)16(21-20)11-12-8-9-14(18)15(19)10-12/h3-10,16,21H,11,20H2,1-2H3. The monoisotopic (exact) mass is 322 g/mol. The second-order valence-electron chi connectivity index (χ2n) is 5.76. The zero-order valence-electron chi connectivity index (χ0n) is 12.2. The van der Waals surface area contributed by atoms with E-state index in [9.17, 15) is 0 Å². The van der Waals surface area contributed by atoms with E-state index < -0.39 is 0 Å². The van der Waals surface area contributed by atoms with Crippen LogP contribution in [0.5, 0.6) is 0 Å². The Morgan fingerprint density at radius 2 is 1.71 bits per heavy atom. The van der Waals surface area contributed by atoms with Crippen molar-refractivity contribution < 1.29 is 0 Å². The number of benzene rings is 2. The van der Waals surface area contributed by atoms with Crippen molar-refractivity contribution in [3.63, 3.8) is 0 Å². The molecule has 1 atom stereocenters. The van der Waals surface area contributed by atoms with Crippen molar-refractivity contribution in [3.05, 3.63) is 69.7 Å². The number of nitrogens with one attached hydrogen (secondary N) is 1. The van der Waals surface area contributed by atoms with Gasteiger partial charge in [-0.15, -0.1) is 0 Å². The summed E-state index contributed by atoms with van der Waals surface area (Å²) >= 11 is 12.1. The van der Waals surface area contributed by atoms with Crippen LogP contribution in [0.3, 0.4) is 0 Å². The Hall–Kier alpha value is -1.06. The zero-order chi connectivity index (χ0) is 15.5. The average molecular weight is 323 g/mol. The Labute approximate surface area is 136 Å². The van der Waals surface area contributed by atoms with Crippen molar-refractivity contribution >= 4 is 23.2 Å². The Kier molecular flexibility index (Phi) is 5.28. The molecule has 0 saturated heterocycles. The molecule has 0 fully saturated rings. The van der Waals surface area contributed by atoms with Crippen molar-refractivity contribution in [3.8, 4) is 0 Å². The third kappa shape index (κ3) is 3.78. The highest BCUT2D eigenvalue weighted by atomic mass is 35.5. The Morgan fingerprint density at radius 1 is 1.05 bits per heavy atom. The van der Waals surface area contributed by atoms with Gasteiger partial charge in [0.2, 0.25) is 0 Å². The molecule has 0 aromatic heterocycles. The lowest BCUT2D eigenvalue weighted by atomic mass is 9.76. The summed E-state index contributed by atoms with van der Waals surface area (Å²) in [5.41, 5.74) is 5.19. The van der Waals surface area contributed by atoms with Crippen molar-refractivity contribution in [2.24, 2.45) is 5.84 Å². The lowest BCUT2D eigenvalue weighted by molar-refractivity contribution is 0.341. The maximum atomic E-state index is 6.09. The summed E-state index contributed by atoms with van der Waals surface area (Å²) in [5.74, 6) is 5.80. The number of hydrogen-bond donors (Lipinski definition) is 2. The van der Waals surface area contributed by atoms with E-state index in [2.05, 4.69) is 31.4 Å². The summed E-state index contributed by atoms with van der Waals surface area (Å²) in [5, 5.41) is 1.14. The largest absolute Gasteiger partial charge is 0.271 e. The topological polar surface area (TPSA) is 38.0 Å². The second kappa shape index (κ2) is 6.80. The van der Waals surface area contributed by atoms with Gasteiger partial charge in [0.1, 0.15) is 0 Å². The highest BCUT2D eigenvalue weighted by molar-refractivity contribution is 6.42. The maximum absolute atomic E-state index is 6.09. The van der Waals surface area contributed by atoms with Crippen LogP contribution >= 0.6 is 23.2 Å². The van der Waals surface area contributed by atoms with E-state index in [0.717, 1.165) is 12.0 Å². The van der Waals surface area contributed by atoms with Gasteiger partial charge in [0.25, 0.3) is 0 Å². The van der Waals surface area contributed by atoms with E-state index in [-0.39, 0.29) is 11.5 Å². The maximum Gasteiger partial charge on any atom is 0.0595 e. The molecule has 2 aromatic carbocycles. The molecule has 0 radical (unpaired) electrons. The summed E-state index contributed by atoms with van der Waals surface area (Å²) < 4.78 is 0. The third-order valence-electron chi connectivity index (χ3n) is 4.01. The van der Waals surface area contributed by atoms with Crippen LogP contribution in [0.4, 0.5) is 0 Å². The molecule has 1 unspecified atom stereocenters. The molecule has 0 spiro atoms. The van der Waals surface area contributed by atoms with Crippen LogP contribution in [0.15, 0.2) is 48.5 Å². The zero-order valence-corrected chi connectivity index (χ0v) is 13.7. The molecule has 0 aliphatic carbocycles. The van der Waals surface area contributed by atoms with Crippen LogP contribution in [0.2, 0.25) is 10.0 Å². The average Bonchev–Trinajstić information content (AvgIpc) is 2.49. The van der Waals surface area contributed by atoms with Gasteiger partial charge in [-0.05, 0) is 29.7 Å². The first-order chi connectivity index (χ1) is 9.95. The first kappa shape index (κ1) is 16.3. The molecule has 0 saturated carbocycles. The second-order valence-corrected chi connectivity index (χ2v) is 6.57. The first-order valence-electron chi connectivity index (χ1n) is 6.90. The van der Waals surface area contributed by atoms with E-state index in [4.69, 9.17) is 29.0 Å². The smallest absolute Gasteiger partial charge is 0.0595 e. The molecule has 0 aliphatic heterocycles. The van der Waals surface area contributed by atoms with Gasteiger partial charge >= 0.3 is 0 Å². The molecule has 3 N–H and O–H groups in total. The summed E-state index contributed by atoms with van der Waals surface area (Å²) in [6.45, 7) is 4.37. The number of halogens is 2. The van der Waals surface area contributed by atoms with Gasteiger partial charge in [0.05, 0.1) is 10.0 Å². The molecule has 4 heteroatoms. The van der Waals surface area contributed by atoms with Crippen LogP contribution < -0.4 is 11.3 Å². The summed E-state index contributed by atoms with van der Waals surface area (Å²) in [7, 11) is 0. The Morgan fingerprint density at radius 3 is 2.29 bits per heavy atom. The highest BCUT2D eigenvalue weighted by Gasteiger charge is 2.30. The Balaban J connectivity index is 2.25. The summed E-state index contributed by atoms with van der Waals surface area (Å²) in [6, 6.07) is 16.1. The fraction of sp³-hybridized carbons (Fsp3) is 0.294. The number of hydrazine groups is 1. The van der Waals surface area contributed by atoms with Crippen molar-refractivity contribution in [1.82, 2.24) is 5.43 Å². The molecule has 0 bridgehead atoms. The van der Waals surface area contributed by atoms with Gasteiger partial charge in [-0.3, -0.25) is 11.3 Å². The van der Waals surface area contributed by atoms with Crippen LogP contribution in [-0.2, 0) is 11.8 Å². The van der Waals surface area contributed by atoms with Crippen molar-refractivity contribution in [1.29, 1.82) is 0 Å². The SMILES string of the molecule is CC(C)(c1ccccc1)C(Cc1ccc(Cl)c(Cl)c1)NN. The van der Waals surface area contributed by atoms with Crippen molar-refractivity contribution in [2.75, 3.05) is 0 Å². The Bertz CT molecular complexity index is 597. The van der Waals surface area contributed by atoms with Crippen LogP contribution in [0, 0.1) is 0 Å². The molecule has 2 nitrogen and oxygen atoms in total. The third-order valence-corrected chi connectivity index (χ3v) is 4.75. The normalized spacial score (nSPS) is 13.2. The minimum absolute atomic E-state index is 0.0807. The highest BCUT2D eigenvalue weighted by Crippen LogP contribution is 2.30. The van der Waals surface area contributed by atoms with E-state index >= 15 is 0 Å². The molecule has 0 aliphatic rings. The fourth-order valence-electron chi connectivity index (χ4n) is 2.49. The fourth-order valence-corrected chi connectivity index (χ4v) is 2.81. The number of nitrogens with two attached hydrogens (primary N) is 1. The van der Waals surface area contributed by atoms with E-state index in [1.807, 2.05) is 36.4 Å². The van der Waals surface area contributed by atoms with Gasteiger partial charge in [-0.1, -0.05) is 73.4 Å². The van der Waals surface area contributed by atoms with Gasteiger partial charge < -0.3 is 0 Å². The van der Waals surface area contributed by atoms with E-state index in [0.29, 0.717) is 10.0 Å². The summed E-state index contributed by atoms with van der Waals surface area (Å²) in [4.78, 5) is 0. The predicted octanol–water partition coefficient (Wildman–Crippen LogP) is 4.35. The lowest BCUT2D eigenvalue weighted by Crippen LogP contribution is -2.49. The minimum atomic E-state index is -0.109. The van der Waals surface area contributed by atoms with E-state index in [1.54, 1.807) is 0 Å². The molecule has 2 rings (SSSR count). The van der Waals surface area contributed by atoms with Crippen LogP contribution in [0.25, 0.3) is 0 Å². The first-order valence-corrected chi connectivity index (χ1v) is 7.66. The predicted molar refractivity (Wildman–Crippen MR) is 90.7 cm³/mol. The minimum Gasteiger partial charge on any atom is -0.271 e. The number of hydrogen-bond acceptors (Lipinski definition) is 2. The summed E-state index contributed by atoms with van der Waals surface area (Å²) in [6.07, 6.45) is 0.773. The van der Waals surface area contributed by atoms with Gasteiger partial charge in [0.15, 0.2) is 0 Å². The number of rotatable bonds is 5. The molecular formula is C17H20Cl2N2. The molecule has 112 valence electrons.